The second-order valence-electron chi connectivity index (χ2n) is 5.09. The monoisotopic (exact) mass is 283 g/mol. The molecule has 5 nitrogen and oxygen atoms in total. The summed E-state index contributed by atoms with van der Waals surface area (Å²) in [4.78, 5) is 3.01. The Bertz CT molecular complexity index is 656. The van der Waals surface area contributed by atoms with Crippen LogP contribution in [0, 0.1) is 0 Å². The molecular weight excluding hydrogens is 266 g/mol. The van der Waals surface area contributed by atoms with E-state index in [1.807, 2.05) is 24.3 Å². The van der Waals surface area contributed by atoms with Gasteiger partial charge >= 0.3 is 0 Å². The fourth-order valence-corrected chi connectivity index (χ4v) is 2.76. The summed E-state index contributed by atoms with van der Waals surface area (Å²) in [5, 5.41) is 6.25. The Morgan fingerprint density at radius 1 is 1.19 bits per heavy atom. The van der Waals surface area contributed by atoms with Crippen LogP contribution in [-0.2, 0) is 9.47 Å². The molecule has 0 bridgehead atoms. The van der Waals surface area contributed by atoms with Crippen LogP contribution >= 0.6 is 0 Å². The Labute approximate surface area is 123 Å². The van der Waals surface area contributed by atoms with E-state index in [4.69, 9.17) is 15.0 Å². The maximum atomic E-state index is 8.89. The fourth-order valence-electron chi connectivity index (χ4n) is 2.76. The van der Waals surface area contributed by atoms with E-state index >= 15 is 0 Å². The van der Waals surface area contributed by atoms with Crippen molar-refractivity contribution < 1.29 is 9.47 Å². The van der Waals surface area contributed by atoms with Crippen LogP contribution < -0.4 is 0 Å². The highest BCUT2D eigenvalue weighted by molar-refractivity contribution is 5.86. The highest BCUT2D eigenvalue weighted by Gasteiger charge is 2.21. The number of fused-ring (bicyclic) bond motifs is 1. The molecule has 5 heteroatoms. The molecule has 2 aromatic carbocycles. The summed E-state index contributed by atoms with van der Waals surface area (Å²) in [7, 11) is 0. The maximum Gasteiger partial charge on any atom is 0.0816 e. The lowest BCUT2D eigenvalue weighted by molar-refractivity contribution is -0.0925. The van der Waals surface area contributed by atoms with Crippen LogP contribution in [0.5, 0.6) is 0 Å². The minimum atomic E-state index is -0.243. The highest BCUT2D eigenvalue weighted by Crippen LogP contribution is 2.31. The highest BCUT2D eigenvalue weighted by atomic mass is 16.6. The lowest BCUT2D eigenvalue weighted by Crippen LogP contribution is -2.29. The number of rotatable bonds is 4. The Hall–Kier alpha value is -2.07. The Morgan fingerprint density at radius 3 is 2.86 bits per heavy atom. The standard InChI is InChI=1S/C16H17N3O2/c17-19-18-16(10-13-11-20-8-9-21-13)15-7-3-5-12-4-1-2-6-14(12)15/h1-7,13,16H,8-11H2. The van der Waals surface area contributed by atoms with Gasteiger partial charge in [0.2, 0.25) is 0 Å². The van der Waals surface area contributed by atoms with Crippen LogP contribution in [0.4, 0.5) is 0 Å². The summed E-state index contributed by atoms with van der Waals surface area (Å²) in [6.45, 7) is 1.79. The van der Waals surface area contributed by atoms with Crippen molar-refractivity contribution in [2.75, 3.05) is 19.8 Å². The normalized spacial score (nSPS) is 19.9. The third-order valence-electron chi connectivity index (χ3n) is 3.74. The molecule has 2 aromatic rings. The molecule has 1 fully saturated rings. The van der Waals surface area contributed by atoms with E-state index in [1.54, 1.807) is 0 Å². The van der Waals surface area contributed by atoms with Gasteiger partial charge in [0.15, 0.2) is 0 Å². The molecule has 0 aliphatic carbocycles. The van der Waals surface area contributed by atoms with E-state index in [1.165, 1.54) is 0 Å². The van der Waals surface area contributed by atoms with Crippen LogP contribution in [0.1, 0.15) is 18.0 Å². The van der Waals surface area contributed by atoms with Gasteiger partial charge in [-0.25, -0.2) is 0 Å². The molecule has 108 valence electrons. The molecule has 21 heavy (non-hydrogen) atoms. The zero-order valence-corrected chi connectivity index (χ0v) is 11.7. The smallest absolute Gasteiger partial charge is 0.0816 e. The van der Waals surface area contributed by atoms with E-state index in [0.29, 0.717) is 26.2 Å². The van der Waals surface area contributed by atoms with E-state index in [-0.39, 0.29) is 12.1 Å². The molecule has 1 aliphatic rings. The Kier molecular flexibility index (Phi) is 4.36. The molecule has 2 unspecified atom stereocenters. The molecular formula is C16H17N3O2. The average molecular weight is 283 g/mol. The molecule has 3 rings (SSSR count). The number of nitrogens with zero attached hydrogens (tertiary/aromatic N) is 3. The lowest BCUT2D eigenvalue weighted by Gasteiger charge is -2.25. The van der Waals surface area contributed by atoms with Crippen molar-refractivity contribution >= 4 is 10.8 Å². The predicted molar refractivity (Wildman–Crippen MR) is 81.0 cm³/mol. The summed E-state index contributed by atoms with van der Waals surface area (Å²) >= 11 is 0. The third-order valence-corrected chi connectivity index (χ3v) is 3.74. The molecule has 0 aromatic heterocycles. The number of azide groups is 1. The quantitative estimate of drug-likeness (QED) is 0.483. The molecule has 1 saturated heterocycles. The zero-order valence-electron chi connectivity index (χ0n) is 11.7. The Morgan fingerprint density at radius 2 is 2.05 bits per heavy atom. The lowest BCUT2D eigenvalue weighted by atomic mass is 9.95. The van der Waals surface area contributed by atoms with Gasteiger partial charge in [-0.3, -0.25) is 0 Å². The first-order valence-corrected chi connectivity index (χ1v) is 7.09. The van der Waals surface area contributed by atoms with Crippen molar-refractivity contribution in [2.45, 2.75) is 18.6 Å². The van der Waals surface area contributed by atoms with Gasteiger partial charge in [0, 0.05) is 4.91 Å². The van der Waals surface area contributed by atoms with Gasteiger partial charge in [0.25, 0.3) is 0 Å². The largest absolute Gasteiger partial charge is 0.376 e. The van der Waals surface area contributed by atoms with Gasteiger partial charge in [-0.15, -0.1) is 0 Å². The summed E-state index contributed by atoms with van der Waals surface area (Å²) in [6.07, 6.45) is 0.617. The summed E-state index contributed by atoms with van der Waals surface area (Å²) in [5.41, 5.74) is 9.93. The molecule has 2 atom stereocenters. The summed E-state index contributed by atoms with van der Waals surface area (Å²) < 4.78 is 11.1. The van der Waals surface area contributed by atoms with Gasteiger partial charge in [-0.1, -0.05) is 47.6 Å². The minimum absolute atomic E-state index is 0.0202. The maximum absolute atomic E-state index is 8.89. The number of benzene rings is 2. The van der Waals surface area contributed by atoms with Crippen LogP contribution in [-0.4, -0.2) is 25.9 Å². The number of hydrogen-bond acceptors (Lipinski definition) is 3. The van der Waals surface area contributed by atoms with Crippen molar-refractivity contribution in [1.82, 2.24) is 0 Å². The number of ether oxygens (including phenoxy) is 2. The van der Waals surface area contributed by atoms with Gasteiger partial charge in [-0.05, 0) is 28.3 Å². The van der Waals surface area contributed by atoms with Crippen molar-refractivity contribution in [3.05, 3.63) is 58.5 Å². The van der Waals surface area contributed by atoms with Crippen LogP contribution in [0.15, 0.2) is 47.6 Å². The molecule has 0 radical (unpaired) electrons. The Balaban J connectivity index is 1.93. The van der Waals surface area contributed by atoms with Crippen LogP contribution in [0.3, 0.4) is 0 Å². The summed E-state index contributed by atoms with van der Waals surface area (Å²) in [5.74, 6) is 0. The van der Waals surface area contributed by atoms with Gasteiger partial charge in [0.1, 0.15) is 0 Å². The third kappa shape index (κ3) is 3.16. The molecule has 0 N–H and O–H groups in total. The van der Waals surface area contributed by atoms with Crippen molar-refractivity contribution in [3.8, 4) is 0 Å². The van der Waals surface area contributed by atoms with Gasteiger partial charge in [-0.2, -0.15) is 0 Å². The van der Waals surface area contributed by atoms with E-state index in [0.717, 1.165) is 16.3 Å². The zero-order chi connectivity index (χ0) is 14.5. The van der Waals surface area contributed by atoms with Gasteiger partial charge in [0.05, 0.1) is 32.0 Å². The van der Waals surface area contributed by atoms with Crippen molar-refractivity contribution in [2.24, 2.45) is 5.11 Å². The molecule has 1 heterocycles. The van der Waals surface area contributed by atoms with Crippen molar-refractivity contribution in [3.63, 3.8) is 0 Å². The average Bonchev–Trinajstić information content (AvgIpc) is 2.55. The minimum Gasteiger partial charge on any atom is -0.376 e. The molecule has 0 saturated carbocycles. The second kappa shape index (κ2) is 6.59. The first-order chi connectivity index (χ1) is 10.4. The SMILES string of the molecule is [N-]=[N+]=NC(CC1COCCO1)c1cccc2ccccc12. The first-order valence-electron chi connectivity index (χ1n) is 7.09. The molecule has 1 aliphatic heterocycles. The van der Waals surface area contributed by atoms with E-state index in [2.05, 4.69) is 28.2 Å². The van der Waals surface area contributed by atoms with Crippen LogP contribution in [0.25, 0.3) is 21.2 Å². The fraction of sp³-hybridized carbons (Fsp3) is 0.375. The van der Waals surface area contributed by atoms with Crippen LogP contribution in [0.2, 0.25) is 0 Å². The molecule has 0 spiro atoms. The first kappa shape index (κ1) is 13.9. The number of hydrogen-bond donors (Lipinski definition) is 0. The van der Waals surface area contributed by atoms with Gasteiger partial charge < -0.3 is 9.47 Å². The van der Waals surface area contributed by atoms with Crippen molar-refractivity contribution in [1.29, 1.82) is 0 Å². The topological polar surface area (TPSA) is 67.2 Å². The molecule has 0 amide bonds. The van der Waals surface area contributed by atoms with E-state index in [9.17, 15) is 0 Å². The van der Waals surface area contributed by atoms with E-state index < -0.39 is 0 Å². The summed E-state index contributed by atoms with van der Waals surface area (Å²) in [6, 6.07) is 14.0. The predicted octanol–water partition coefficient (Wildman–Crippen LogP) is 4.00. The second-order valence-corrected chi connectivity index (χ2v) is 5.09.